The standard InChI is InChI=1S/C17H23ClO4/c1-4-6-7-8-14(18)16-11-17(21-12(3)19)15(20)10-9-13(5-2)22-16/h1,6-7,9-10,13-17,20H,5,8,11H2,2-3H3/b7-6-,10-9-/t13-,14?,15-,16-,17-/m1/s1. The van der Waals surface area contributed by atoms with Gasteiger partial charge in [0.1, 0.15) is 12.2 Å². The van der Waals surface area contributed by atoms with Crippen LogP contribution in [-0.2, 0) is 14.3 Å². The number of carbonyl (C=O) groups is 1. The number of terminal acetylenes is 1. The highest BCUT2D eigenvalue weighted by Gasteiger charge is 2.32. The predicted octanol–water partition coefficient (Wildman–Crippen LogP) is 2.59. The molecule has 0 fully saturated rings. The molecule has 1 N–H and O–H groups in total. The molecule has 1 aliphatic rings. The summed E-state index contributed by atoms with van der Waals surface area (Å²) in [6.45, 7) is 3.30. The van der Waals surface area contributed by atoms with Gasteiger partial charge in [-0.05, 0) is 18.9 Å². The van der Waals surface area contributed by atoms with Crippen molar-refractivity contribution in [2.24, 2.45) is 0 Å². The Bertz CT molecular complexity index is 452. The van der Waals surface area contributed by atoms with Crippen LogP contribution in [0.3, 0.4) is 0 Å². The van der Waals surface area contributed by atoms with E-state index in [9.17, 15) is 9.90 Å². The van der Waals surface area contributed by atoms with Crippen LogP contribution < -0.4 is 0 Å². The van der Waals surface area contributed by atoms with Gasteiger partial charge in [0.2, 0.25) is 0 Å². The van der Waals surface area contributed by atoms with Gasteiger partial charge in [-0.1, -0.05) is 31.1 Å². The molecule has 5 atom stereocenters. The van der Waals surface area contributed by atoms with E-state index < -0.39 is 18.2 Å². The smallest absolute Gasteiger partial charge is 0.303 e. The largest absolute Gasteiger partial charge is 0.459 e. The fraction of sp³-hybridized carbons (Fsp3) is 0.588. The third-order valence-corrected chi connectivity index (χ3v) is 3.88. The van der Waals surface area contributed by atoms with Gasteiger partial charge >= 0.3 is 5.97 Å². The molecule has 122 valence electrons. The van der Waals surface area contributed by atoms with Crippen LogP contribution in [0.2, 0.25) is 0 Å². The zero-order chi connectivity index (χ0) is 16.5. The number of aliphatic hydroxyl groups is 1. The van der Waals surface area contributed by atoms with Crippen molar-refractivity contribution in [2.45, 2.75) is 62.9 Å². The summed E-state index contributed by atoms with van der Waals surface area (Å²) >= 11 is 6.40. The molecule has 1 unspecified atom stereocenters. The number of carbonyl (C=O) groups excluding carboxylic acids is 1. The Morgan fingerprint density at radius 2 is 2.36 bits per heavy atom. The SMILES string of the molecule is C#C/C=C\CC(Cl)[C@H]1C[C@@H](OC(C)=O)[C@H](O)/C=C\[C@@H](CC)O1. The number of alkyl halides is 1. The molecule has 0 spiro atoms. The topological polar surface area (TPSA) is 55.8 Å². The lowest BCUT2D eigenvalue weighted by Crippen LogP contribution is -2.40. The Kier molecular flexibility index (Phi) is 8.26. The molecule has 0 saturated heterocycles. The minimum absolute atomic E-state index is 0.129. The van der Waals surface area contributed by atoms with Crippen molar-refractivity contribution in [2.75, 3.05) is 0 Å². The van der Waals surface area contributed by atoms with Gasteiger partial charge in [-0.25, -0.2) is 0 Å². The summed E-state index contributed by atoms with van der Waals surface area (Å²) in [5, 5.41) is 9.82. The van der Waals surface area contributed by atoms with Crippen molar-refractivity contribution in [1.29, 1.82) is 0 Å². The zero-order valence-corrected chi connectivity index (χ0v) is 13.7. The number of rotatable bonds is 5. The van der Waals surface area contributed by atoms with Crippen molar-refractivity contribution in [3.8, 4) is 12.3 Å². The summed E-state index contributed by atoms with van der Waals surface area (Å²) in [4.78, 5) is 11.2. The van der Waals surface area contributed by atoms with Gasteiger partial charge in [0, 0.05) is 13.3 Å². The lowest BCUT2D eigenvalue weighted by molar-refractivity contribution is -0.154. The summed E-state index contributed by atoms with van der Waals surface area (Å²) in [6, 6.07) is 0. The lowest BCUT2D eigenvalue weighted by atomic mass is 9.99. The molecule has 4 nitrogen and oxygen atoms in total. The van der Waals surface area contributed by atoms with E-state index in [4.69, 9.17) is 27.5 Å². The molecule has 0 aromatic carbocycles. The monoisotopic (exact) mass is 326 g/mol. The minimum Gasteiger partial charge on any atom is -0.459 e. The van der Waals surface area contributed by atoms with Crippen LogP contribution in [0, 0.1) is 12.3 Å². The third kappa shape index (κ3) is 6.23. The molecule has 0 aromatic rings. The van der Waals surface area contributed by atoms with Crippen LogP contribution in [0.25, 0.3) is 0 Å². The molecule has 1 aliphatic heterocycles. The highest BCUT2D eigenvalue weighted by Crippen LogP contribution is 2.25. The first-order valence-electron chi connectivity index (χ1n) is 7.42. The van der Waals surface area contributed by atoms with E-state index >= 15 is 0 Å². The Morgan fingerprint density at radius 1 is 1.64 bits per heavy atom. The van der Waals surface area contributed by atoms with Gasteiger partial charge in [-0.2, -0.15) is 0 Å². The molecule has 0 saturated carbocycles. The molecule has 5 heteroatoms. The van der Waals surface area contributed by atoms with E-state index in [1.165, 1.54) is 6.92 Å². The molecule has 0 bridgehead atoms. The fourth-order valence-corrected chi connectivity index (χ4v) is 2.53. The average molecular weight is 327 g/mol. The molecule has 0 amide bonds. The van der Waals surface area contributed by atoms with Gasteiger partial charge in [0.15, 0.2) is 0 Å². The summed E-state index contributed by atoms with van der Waals surface area (Å²) in [7, 11) is 0. The first-order chi connectivity index (χ1) is 10.5. The molecule has 0 radical (unpaired) electrons. The summed E-state index contributed by atoms with van der Waals surface area (Å²) < 4.78 is 11.2. The van der Waals surface area contributed by atoms with E-state index in [1.807, 2.05) is 6.92 Å². The number of esters is 1. The number of ether oxygens (including phenoxy) is 2. The van der Waals surface area contributed by atoms with Crippen LogP contribution in [0.1, 0.15) is 33.1 Å². The van der Waals surface area contributed by atoms with Crippen LogP contribution in [-0.4, -0.2) is 40.9 Å². The third-order valence-electron chi connectivity index (χ3n) is 3.42. The molecule has 1 rings (SSSR count). The van der Waals surface area contributed by atoms with Gasteiger partial charge in [-0.15, -0.1) is 18.0 Å². The predicted molar refractivity (Wildman–Crippen MR) is 86.5 cm³/mol. The second-order valence-corrected chi connectivity index (χ2v) is 5.76. The van der Waals surface area contributed by atoms with E-state index in [0.717, 1.165) is 6.42 Å². The zero-order valence-electron chi connectivity index (χ0n) is 12.9. The van der Waals surface area contributed by atoms with Gasteiger partial charge in [-0.3, -0.25) is 4.79 Å². The maximum atomic E-state index is 11.2. The highest BCUT2D eigenvalue weighted by atomic mass is 35.5. The second-order valence-electron chi connectivity index (χ2n) is 5.20. The van der Waals surface area contributed by atoms with Crippen LogP contribution in [0.4, 0.5) is 0 Å². The summed E-state index contributed by atoms with van der Waals surface area (Å²) in [6.07, 6.45) is 11.6. The second kappa shape index (κ2) is 9.68. The minimum atomic E-state index is -0.866. The van der Waals surface area contributed by atoms with E-state index in [1.54, 1.807) is 24.3 Å². The first kappa shape index (κ1) is 18.8. The number of hydrogen-bond acceptors (Lipinski definition) is 4. The molecular weight excluding hydrogens is 304 g/mol. The Morgan fingerprint density at radius 3 is 2.95 bits per heavy atom. The van der Waals surface area contributed by atoms with Gasteiger partial charge in [0.25, 0.3) is 0 Å². The van der Waals surface area contributed by atoms with Crippen LogP contribution in [0.5, 0.6) is 0 Å². The number of aliphatic hydroxyl groups excluding tert-OH is 1. The Hall–Kier alpha value is -1.28. The maximum absolute atomic E-state index is 11.2. The van der Waals surface area contributed by atoms with Gasteiger partial charge in [0.05, 0.1) is 17.6 Å². The van der Waals surface area contributed by atoms with Crippen LogP contribution in [0.15, 0.2) is 24.3 Å². The van der Waals surface area contributed by atoms with Crippen molar-refractivity contribution in [3.63, 3.8) is 0 Å². The van der Waals surface area contributed by atoms with Gasteiger partial charge < -0.3 is 14.6 Å². The number of halogens is 1. The van der Waals surface area contributed by atoms with Crippen molar-refractivity contribution < 1.29 is 19.4 Å². The molecule has 0 aliphatic carbocycles. The average Bonchev–Trinajstić information content (AvgIpc) is 2.46. The van der Waals surface area contributed by atoms with Crippen molar-refractivity contribution in [3.05, 3.63) is 24.3 Å². The van der Waals surface area contributed by atoms with Crippen molar-refractivity contribution >= 4 is 17.6 Å². The molecule has 1 heterocycles. The summed E-state index contributed by atoms with van der Waals surface area (Å²) in [5.74, 6) is 1.97. The quantitative estimate of drug-likeness (QED) is 0.365. The Labute approximate surface area is 137 Å². The van der Waals surface area contributed by atoms with Crippen molar-refractivity contribution in [1.82, 2.24) is 0 Å². The highest BCUT2D eigenvalue weighted by molar-refractivity contribution is 6.21. The maximum Gasteiger partial charge on any atom is 0.303 e. The van der Waals surface area contributed by atoms with Crippen LogP contribution >= 0.6 is 11.6 Å². The van der Waals surface area contributed by atoms with E-state index in [0.29, 0.717) is 12.8 Å². The normalized spacial score (nSPS) is 31.8. The lowest BCUT2D eigenvalue weighted by Gasteiger charge is -2.32. The van der Waals surface area contributed by atoms with E-state index in [-0.39, 0.29) is 17.6 Å². The summed E-state index contributed by atoms with van der Waals surface area (Å²) in [5.41, 5.74) is 0. The first-order valence-corrected chi connectivity index (χ1v) is 7.85. The Balaban J connectivity index is 2.86. The molecule has 22 heavy (non-hydrogen) atoms. The molecule has 0 aromatic heterocycles. The number of hydrogen-bond donors (Lipinski definition) is 1. The number of allylic oxidation sites excluding steroid dienone is 2. The fourth-order valence-electron chi connectivity index (χ4n) is 2.27. The van der Waals surface area contributed by atoms with E-state index in [2.05, 4.69) is 5.92 Å². The molecular formula is C17H23ClO4.